The summed E-state index contributed by atoms with van der Waals surface area (Å²) < 4.78 is 5.68. The van der Waals surface area contributed by atoms with Gasteiger partial charge < -0.3 is 9.84 Å². The second-order valence-corrected chi connectivity index (χ2v) is 4.00. The van der Waals surface area contributed by atoms with E-state index >= 15 is 0 Å². The number of aliphatic hydroxyl groups excluding tert-OH is 1. The molecule has 0 unspecified atom stereocenters. The molecular formula is C10H20O2. The van der Waals surface area contributed by atoms with Gasteiger partial charge in [-0.3, -0.25) is 0 Å². The highest BCUT2D eigenvalue weighted by molar-refractivity contribution is 4.85. The number of hydrogen-bond donors (Lipinski definition) is 1. The molecule has 0 aromatic rings. The first-order chi connectivity index (χ1) is 5.57. The van der Waals surface area contributed by atoms with Gasteiger partial charge in [0.1, 0.15) is 0 Å². The summed E-state index contributed by atoms with van der Waals surface area (Å²) in [7, 11) is 0. The Morgan fingerprint density at radius 3 is 2.25 bits per heavy atom. The first kappa shape index (κ1) is 10.0. The molecule has 0 bridgehead atoms. The van der Waals surface area contributed by atoms with Crippen molar-refractivity contribution < 1.29 is 9.84 Å². The molecule has 1 aliphatic rings. The van der Waals surface area contributed by atoms with Crippen molar-refractivity contribution in [1.29, 1.82) is 0 Å². The maximum atomic E-state index is 9.80. The van der Waals surface area contributed by atoms with E-state index in [4.69, 9.17) is 4.74 Å². The molecule has 1 saturated heterocycles. The molecule has 0 radical (unpaired) electrons. The number of aliphatic hydroxyl groups is 1. The second-order valence-electron chi connectivity index (χ2n) is 4.00. The van der Waals surface area contributed by atoms with Crippen molar-refractivity contribution in [2.75, 3.05) is 0 Å². The number of hydrogen-bond acceptors (Lipinski definition) is 2. The Kier molecular flexibility index (Phi) is 3.13. The van der Waals surface area contributed by atoms with E-state index in [1.165, 1.54) is 0 Å². The molecule has 0 aromatic carbocycles. The highest BCUT2D eigenvalue weighted by Crippen LogP contribution is 2.31. The molecule has 5 atom stereocenters. The van der Waals surface area contributed by atoms with Crippen molar-refractivity contribution in [3.05, 3.63) is 0 Å². The molecule has 1 rings (SSSR count). The fraction of sp³-hybridized carbons (Fsp3) is 1.00. The fourth-order valence-electron chi connectivity index (χ4n) is 1.89. The van der Waals surface area contributed by atoms with E-state index in [0.717, 1.165) is 6.42 Å². The normalized spacial score (nSPS) is 49.2. The lowest BCUT2D eigenvalue weighted by atomic mass is 9.81. The lowest BCUT2D eigenvalue weighted by Gasteiger charge is -2.41. The molecule has 1 heterocycles. The highest BCUT2D eigenvalue weighted by Gasteiger charge is 2.37. The Bertz CT molecular complexity index is 142. The van der Waals surface area contributed by atoms with E-state index < -0.39 is 0 Å². The number of rotatable bonds is 1. The molecule has 1 N–H and O–H groups in total. The molecule has 0 aliphatic carbocycles. The SMILES string of the molecule is CC[C@H]1O[C@H](C)[C@H](C)[C@H](C)[C@H]1O. The average molecular weight is 172 g/mol. The summed E-state index contributed by atoms with van der Waals surface area (Å²) in [6.07, 6.45) is 0.962. The lowest BCUT2D eigenvalue weighted by Crippen LogP contribution is -2.47. The average Bonchev–Trinajstić information content (AvgIpc) is 2.08. The predicted molar refractivity (Wildman–Crippen MR) is 49.0 cm³/mol. The van der Waals surface area contributed by atoms with Gasteiger partial charge in [-0.2, -0.15) is 0 Å². The zero-order valence-electron chi connectivity index (χ0n) is 8.45. The Hall–Kier alpha value is -0.0800. The van der Waals surface area contributed by atoms with Crippen LogP contribution in [0.25, 0.3) is 0 Å². The van der Waals surface area contributed by atoms with Gasteiger partial charge in [-0.25, -0.2) is 0 Å². The second kappa shape index (κ2) is 3.75. The van der Waals surface area contributed by atoms with Crippen LogP contribution in [0.15, 0.2) is 0 Å². The van der Waals surface area contributed by atoms with Crippen molar-refractivity contribution in [2.45, 2.75) is 52.4 Å². The van der Waals surface area contributed by atoms with Gasteiger partial charge in [0.05, 0.1) is 18.3 Å². The lowest BCUT2D eigenvalue weighted by molar-refractivity contribution is -0.162. The highest BCUT2D eigenvalue weighted by atomic mass is 16.5. The van der Waals surface area contributed by atoms with Crippen molar-refractivity contribution >= 4 is 0 Å². The van der Waals surface area contributed by atoms with Crippen LogP contribution in [0.5, 0.6) is 0 Å². The minimum absolute atomic E-state index is 0.0474. The van der Waals surface area contributed by atoms with E-state index in [-0.39, 0.29) is 18.3 Å². The van der Waals surface area contributed by atoms with Gasteiger partial charge in [-0.05, 0) is 25.2 Å². The topological polar surface area (TPSA) is 29.5 Å². The Morgan fingerprint density at radius 2 is 1.75 bits per heavy atom. The van der Waals surface area contributed by atoms with Crippen LogP contribution in [0.2, 0.25) is 0 Å². The molecule has 0 aromatic heterocycles. The summed E-state index contributed by atoms with van der Waals surface area (Å²) in [6.45, 7) is 8.40. The van der Waals surface area contributed by atoms with Crippen LogP contribution in [0.1, 0.15) is 34.1 Å². The van der Waals surface area contributed by atoms with Crippen molar-refractivity contribution in [3.8, 4) is 0 Å². The Balaban J connectivity index is 2.63. The fourth-order valence-corrected chi connectivity index (χ4v) is 1.89. The first-order valence-electron chi connectivity index (χ1n) is 4.91. The Labute approximate surface area is 74.9 Å². The van der Waals surface area contributed by atoms with Crippen LogP contribution < -0.4 is 0 Å². The molecule has 2 heteroatoms. The van der Waals surface area contributed by atoms with Crippen molar-refractivity contribution in [3.63, 3.8) is 0 Å². The van der Waals surface area contributed by atoms with Crippen LogP contribution in [0.3, 0.4) is 0 Å². The van der Waals surface area contributed by atoms with Crippen LogP contribution in [0, 0.1) is 11.8 Å². The minimum Gasteiger partial charge on any atom is -0.390 e. The zero-order chi connectivity index (χ0) is 9.30. The third-order valence-electron chi connectivity index (χ3n) is 3.28. The van der Waals surface area contributed by atoms with Crippen LogP contribution >= 0.6 is 0 Å². The minimum atomic E-state index is -0.277. The van der Waals surface area contributed by atoms with Crippen LogP contribution in [-0.2, 0) is 4.74 Å². The van der Waals surface area contributed by atoms with E-state index in [1.807, 2.05) is 0 Å². The molecule has 0 spiro atoms. The summed E-state index contributed by atoms with van der Waals surface area (Å²) in [5.41, 5.74) is 0. The van der Waals surface area contributed by atoms with Crippen LogP contribution in [0.4, 0.5) is 0 Å². The first-order valence-corrected chi connectivity index (χ1v) is 4.91. The molecular weight excluding hydrogens is 152 g/mol. The largest absolute Gasteiger partial charge is 0.390 e. The van der Waals surface area contributed by atoms with Gasteiger partial charge in [-0.15, -0.1) is 0 Å². The monoisotopic (exact) mass is 172 g/mol. The molecule has 1 fully saturated rings. The zero-order valence-corrected chi connectivity index (χ0v) is 8.45. The van der Waals surface area contributed by atoms with Gasteiger partial charge in [0, 0.05) is 0 Å². The summed E-state index contributed by atoms with van der Waals surface area (Å²) >= 11 is 0. The molecule has 72 valence electrons. The molecule has 12 heavy (non-hydrogen) atoms. The Morgan fingerprint density at radius 1 is 1.17 bits per heavy atom. The van der Waals surface area contributed by atoms with E-state index in [2.05, 4.69) is 27.7 Å². The standard InChI is InChI=1S/C10H20O2/c1-5-9-10(11)7(3)6(2)8(4)12-9/h6-11H,5H2,1-4H3/t6-,7+,8-,9-,10-/m1/s1. The maximum absolute atomic E-state index is 9.80. The van der Waals surface area contributed by atoms with Gasteiger partial charge in [0.25, 0.3) is 0 Å². The summed E-state index contributed by atoms with van der Waals surface area (Å²) in [4.78, 5) is 0. The predicted octanol–water partition coefficient (Wildman–Crippen LogP) is 1.82. The van der Waals surface area contributed by atoms with Gasteiger partial charge in [0.15, 0.2) is 0 Å². The third kappa shape index (κ3) is 1.64. The maximum Gasteiger partial charge on any atom is 0.0837 e. The third-order valence-corrected chi connectivity index (χ3v) is 3.28. The molecule has 2 nitrogen and oxygen atoms in total. The molecule has 1 aliphatic heterocycles. The van der Waals surface area contributed by atoms with Crippen molar-refractivity contribution in [1.82, 2.24) is 0 Å². The smallest absolute Gasteiger partial charge is 0.0837 e. The number of ether oxygens (including phenoxy) is 1. The van der Waals surface area contributed by atoms with Crippen LogP contribution in [-0.4, -0.2) is 23.4 Å². The van der Waals surface area contributed by atoms with E-state index in [0.29, 0.717) is 11.8 Å². The quantitative estimate of drug-likeness (QED) is 0.653. The van der Waals surface area contributed by atoms with Crippen molar-refractivity contribution in [2.24, 2.45) is 11.8 Å². The summed E-state index contributed by atoms with van der Waals surface area (Å²) in [5, 5.41) is 9.80. The molecule has 0 saturated carbocycles. The van der Waals surface area contributed by atoms with Gasteiger partial charge in [0.2, 0.25) is 0 Å². The summed E-state index contributed by atoms with van der Waals surface area (Å²) in [6, 6.07) is 0. The van der Waals surface area contributed by atoms with Gasteiger partial charge in [-0.1, -0.05) is 20.8 Å². The summed E-state index contributed by atoms with van der Waals surface area (Å²) in [5.74, 6) is 0.821. The van der Waals surface area contributed by atoms with E-state index in [9.17, 15) is 5.11 Å². The van der Waals surface area contributed by atoms with E-state index in [1.54, 1.807) is 0 Å². The van der Waals surface area contributed by atoms with Gasteiger partial charge >= 0.3 is 0 Å². The molecule has 0 amide bonds.